The third-order valence-corrected chi connectivity index (χ3v) is 4.35. The molecule has 136 valence electrons. The van der Waals surface area contributed by atoms with E-state index in [9.17, 15) is 9.18 Å². The van der Waals surface area contributed by atoms with Crippen molar-refractivity contribution in [2.24, 2.45) is 10.7 Å². The number of amidine groups is 1. The molecular weight excluding hydrogens is 382 g/mol. The van der Waals surface area contributed by atoms with Crippen molar-refractivity contribution in [2.45, 2.75) is 12.5 Å². The Hall–Kier alpha value is -2.22. The monoisotopic (exact) mass is 396 g/mol. The van der Waals surface area contributed by atoms with E-state index in [1.54, 1.807) is 6.92 Å². The van der Waals surface area contributed by atoms with Crippen LogP contribution in [0.2, 0.25) is 10.0 Å². The van der Waals surface area contributed by atoms with E-state index in [1.165, 1.54) is 30.5 Å². The first-order chi connectivity index (χ1) is 12.3. The zero-order valence-corrected chi connectivity index (χ0v) is 15.2. The maximum atomic E-state index is 14.4. The van der Waals surface area contributed by atoms with Crippen LogP contribution in [0.3, 0.4) is 0 Å². The molecule has 1 aliphatic heterocycles. The molecule has 3 rings (SSSR count). The molecule has 0 saturated heterocycles. The molecule has 26 heavy (non-hydrogen) atoms. The molecule has 1 aliphatic rings. The summed E-state index contributed by atoms with van der Waals surface area (Å²) in [4.78, 5) is 20.6. The summed E-state index contributed by atoms with van der Waals surface area (Å²) in [7, 11) is 0. The van der Waals surface area contributed by atoms with Gasteiger partial charge in [0.2, 0.25) is 0 Å². The molecule has 2 heterocycles. The van der Waals surface area contributed by atoms with Gasteiger partial charge in [-0.1, -0.05) is 23.2 Å². The molecule has 1 atom stereocenters. The minimum absolute atomic E-state index is 0.0106. The minimum atomic E-state index is -0.983. The normalized spacial score (nSPS) is 19.8. The van der Waals surface area contributed by atoms with E-state index < -0.39 is 17.3 Å². The lowest BCUT2D eigenvalue weighted by molar-refractivity contribution is 0.102. The Balaban J connectivity index is 1.90. The van der Waals surface area contributed by atoms with Crippen LogP contribution in [-0.2, 0) is 10.3 Å². The van der Waals surface area contributed by atoms with Crippen molar-refractivity contribution in [3.63, 3.8) is 0 Å². The van der Waals surface area contributed by atoms with Gasteiger partial charge in [0.1, 0.15) is 29.5 Å². The summed E-state index contributed by atoms with van der Waals surface area (Å²) < 4.78 is 19.7. The van der Waals surface area contributed by atoms with Gasteiger partial charge >= 0.3 is 0 Å². The molecule has 3 N–H and O–H groups in total. The third kappa shape index (κ3) is 3.80. The fourth-order valence-corrected chi connectivity index (χ4v) is 3.13. The number of carbonyl (C=O) groups is 1. The molecule has 9 heteroatoms. The zero-order valence-electron chi connectivity index (χ0n) is 13.7. The van der Waals surface area contributed by atoms with E-state index >= 15 is 0 Å². The van der Waals surface area contributed by atoms with Crippen LogP contribution < -0.4 is 11.1 Å². The van der Waals surface area contributed by atoms with Crippen LogP contribution >= 0.6 is 23.2 Å². The third-order valence-electron chi connectivity index (χ3n) is 3.85. The standard InChI is InChI=1S/C17H15Cl2FN4O2/c1-17(8-26-7-14(21)24-17)11-5-10(2-3-13(11)20)23-16(25)15-12(19)4-9(18)6-22-15/h2-6H,7-8H2,1H3,(H2,21,24)(H,23,25)/t17-/m0/s1. The maximum absolute atomic E-state index is 14.4. The second-order valence-corrected chi connectivity index (χ2v) is 6.85. The largest absolute Gasteiger partial charge is 0.386 e. The summed E-state index contributed by atoms with van der Waals surface area (Å²) in [5.41, 5.74) is 5.37. The van der Waals surface area contributed by atoms with Crippen molar-refractivity contribution in [3.8, 4) is 0 Å². The molecule has 0 saturated carbocycles. The Bertz CT molecular complexity index is 906. The number of hydrogen-bond acceptors (Lipinski definition) is 5. The highest BCUT2D eigenvalue weighted by atomic mass is 35.5. The smallest absolute Gasteiger partial charge is 0.275 e. The Labute approximate surface area is 159 Å². The Morgan fingerprint density at radius 3 is 2.85 bits per heavy atom. The van der Waals surface area contributed by atoms with Gasteiger partial charge in [-0.3, -0.25) is 9.79 Å². The summed E-state index contributed by atoms with van der Waals surface area (Å²) >= 11 is 11.8. The van der Waals surface area contributed by atoms with Gasteiger partial charge in [0.25, 0.3) is 5.91 Å². The van der Waals surface area contributed by atoms with Gasteiger partial charge in [-0.05, 0) is 31.2 Å². The highest BCUT2D eigenvalue weighted by Gasteiger charge is 2.33. The molecule has 0 unspecified atom stereocenters. The van der Waals surface area contributed by atoms with E-state index in [4.69, 9.17) is 33.7 Å². The van der Waals surface area contributed by atoms with Crippen molar-refractivity contribution >= 4 is 40.6 Å². The Kier molecular flexibility index (Phi) is 5.13. The number of carbonyl (C=O) groups excluding carboxylic acids is 1. The lowest BCUT2D eigenvalue weighted by atomic mass is 9.92. The number of aliphatic imine (C=N–C) groups is 1. The van der Waals surface area contributed by atoms with E-state index in [-0.39, 0.29) is 35.3 Å². The molecule has 2 aromatic rings. The van der Waals surface area contributed by atoms with Crippen LogP contribution in [0, 0.1) is 5.82 Å². The first-order valence-electron chi connectivity index (χ1n) is 7.63. The number of nitrogens with one attached hydrogen (secondary N) is 1. The summed E-state index contributed by atoms with van der Waals surface area (Å²) in [5, 5.41) is 3.07. The van der Waals surface area contributed by atoms with Crippen LogP contribution in [0.5, 0.6) is 0 Å². The fraction of sp³-hybridized carbons (Fsp3) is 0.235. The molecule has 0 spiro atoms. The average molecular weight is 397 g/mol. The minimum Gasteiger partial charge on any atom is -0.386 e. The second kappa shape index (κ2) is 7.19. The van der Waals surface area contributed by atoms with Crippen molar-refractivity contribution in [2.75, 3.05) is 18.5 Å². The van der Waals surface area contributed by atoms with Gasteiger partial charge in [0, 0.05) is 17.4 Å². The van der Waals surface area contributed by atoms with E-state index in [0.29, 0.717) is 10.7 Å². The van der Waals surface area contributed by atoms with Gasteiger partial charge in [-0.15, -0.1) is 0 Å². The molecule has 0 bridgehead atoms. The van der Waals surface area contributed by atoms with Crippen molar-refractivity contribution in [1.29, 1.82) is 0 Å². The number of halogens is 3. The van der Waals surface area contributed by atoms with Gasteiger partial charge < -0.3 is 15.8 Å². The first-order valence-corrected chi connectivity index (χ1v) is 8.38. The number of nitrogens with zero attached hydrogens (tertiary/aromatic N) is 2. The van der Waals surface area contributed by atoms with Gasteiger partial charge in [-0.25, -0.2) is 9.37 Å². The fourth-order valence-electron chi connectivity index (χ4n) is 2.66. The average Bonchev–Trinajstić information content (AvgIpc) is 2.56. The maximum Gasteiger partial charge on any atom is 0.275 e. The second-order valence-electron chi connectivity index (χ2n) is 6.00. The Morgan fingerprint density at radius 2 is 2.15 bits per heavy atom. The topological polar surface area (TPSA) is 89.6 Å². The number of hydrogen-bond donors (Lipinski definition) is 2. The van der Waals surface area contributed by atoms with Crippen molar-refractivity contribution in [3.05, 3.63) is 57.6 Å². The van der Waals surface area contributed by atoms with Gasteiger partial charge in [0.05, 0.1) is 16.7 Å². The van der Waals surface area contributed by atoms with Crippen molar-refractivity contribution < 1.29 is 13.9 Å². The number of aromatic nitrogens is 1. The molecule has 1 amide bonds. The van der Waals surface area contributed by atoms with Gasteiger partial charge in [0.15, 0.2) is 0 Å². The number of amides is 1. The highest BCUT2D eigenvalue weighted by molar-refractivity contribution is 6.36. The summed E-state index contributed by atoms with van der Waals surface area (Å²) in [6.07, 6.45) is 1.32. The molecule has 0 fully saturated rings. The molecular formula is C17H15Cl2FN4O2. The van der Waals surface area contributed by atoms with Crippen LogP contribution in [0.1, 0.15) is 23.0 Å². The lowest BCUT2D eigenvalue weighted by Gasteiger charge is -2.30. The molecule has 1 aromatic carbocycles. The first kappa shape index (κ1) is 18.6. The summed E-state index contributed by atoms with van der Waals surface area (Å²) in [5.74, 6) is -0.739. The number of ether oxygens (including phenoxy) is 1. The molecule has 6 nitrogen and oxygen atoms in total. The van der Waals surface area contributed by atoms with E-state index in [2.05, 4.69) is 15.3 Å². The lowest BCUT2D eigenvalue weighted by Crippen LogP contribution is -2.38. The van der Waals surface area contributed by atoms with Crippen LogP contribution in [-0.4, -0.2) is 29.9 Å². The number of nitrogens with two attached hydrogens (primary N) is 1. The Morgan fingerprint density at radius 1 is 1.38 bits per heavy atom. The summed E-state index contributed by atoms with van der Waals surface area (Å²) in [6.45, 7) is 2.08. The predicted molar refractivity (Wildman–Crippen MR) is 98.4 cm³/mol. The van der Waals surface area contributed by atoms with Crippen LogP contribution in [0.4, 0.5) is 10.1 Å². The van der Waals surface area contributed by atoms with Crippen molar-refractivity contribution in [1.82, 2.24) is 4.98 Å². The zero-order chi connectivity index (χ0) is 18.9. The van der Waals surface area contributed by atoms with Gasteiger partial charge in [-0.2, -0.15) is 0 Å². The number of anilines is 1. The predicted octanol–water partition coefficient (Wildman–Crippen LogP) is 3.38. The molecule has 0 aliphatic carbocycles. The van der Waals surface area contributed by atoms with Crippen LogP contribution in [0.25, 0.3) is 0 Å². The highest BCUT2D eigenvalue weighted by Crippen LogP contribution is 2.32. The number of rotatable bonds is 3. The van der Waals surface area contributed by atoms with E-state index in [1.807, 2.05) is 0 Å². The SMILES string of the molecule is C[C@@]1(c2cc(NC(=O)c3ncc(Cl)cc3Cl)ccc2F)COCC(N)=N1. The summed E-state index contributed by atoms with van der Waals surface area (Å²) in [6, 6.07) is 5.58. The molecule has 0 radical (unpaired) electrons. The quantitative estimate of drug-likeness (QED) is 0.831. The molecule has 1 aromatic heterocycles. The number of pyridine rings is 1. The van der Waals surface area contributed by atoms with Crippen LogP contribution in [0.15, 0.2) is 35.5 Å². The number of benzene rings is 1. The van der Waals surface area contributed by atoms with E-state index in [0.717, 1.165) is 0 Å².